The lowest BCUT2D eigenvalue weighted by Gasteiger charge is -2.14. The summed E-state index contributed by atoms with van der Waals surface area (Å²) in [6.07, 6.45) is 5.42. The van der Waals surface area contributed by atoms with E-state index in [1.807, 2.05) is 0 Å². The summed E-state index contributed by atoms with van der Waals surface area (Å²) in [4.78, 5) is 6.45. The quantitative estimate of drug-likeness (QED) is 0.799. The summed E-state index contributed by atoms with van der Waals surface area (Å²) in [5.74, 6) is 2.84. The zero-order valence-corrected chi connectivity index (χ0v) is 9.44. The highest BCUT2D eigenvalue weighted by Crippen LogP contribution is 2.69. The van der Waals surface area contributed by atoms with Crippen molar-refractivity contribution in [3.8, 4) is 0 Å². The Balaban J connectivity index is 1.59. The standard InChI is InChI=1S/C10H13N3O2S/c14-16(15,10-11-1-2-12-10)13-9-7-3-5(7)6-4-8(6)9/h1-2,5-9,13H,3-4H2,(H,11,12)/t5-,6-,7-,8-/m1/s1. The Kier molecular flexibility index (Phi) is 1.54. The molecule has 6 heteroatoms. The number of rotatable bonds is 3. The summed E-state index contributed by atoms with van der Waals surface area (Å²) in [5, 5.41) is 0.0359. The summed E-state index contributed by atoms with van der Waals surface area (Å²) >= 11 is 0. The maximum atomic E-state index is 12.0. The minimum absolute atomic E-state index is 0.0359. The van der Waals surface area contributed by atoms with Crippen molar-refractivity contribution in [2.45, 2.75) is 24.0 Å². The Labute approximate surface area is 93.7 Å². The number of aromatic amines is 1. The lowest BCUT2D eigenvalue weighted by Crippen LogP contribution is -2.37. The van der Waals surface area contributed by atoms with Crippen molar-refractivity contribution in [1.82, 2.24) is 14.7 Å². The number of hydrogen-bond acceptors (Lipinski definition) is 3. The molecule has 1 heterocycles. The van der Waals surface area contributed by atoms with E-state index in [2.05, 4.69) is 14.7 Å². The zero-order valence-electron chi connectivity index (χ0n) is 8.63. The van der Waals surface area contributed by atoms with Gasteiger partial charge in [-0.2, -0.15) is 0 Å². The fourth-order valence-electron chi connectivity index (χ4n) is 3.41. The smallest absolute Gasteiger partial charge is 0.274 e. The van der Waals surface area contributed by atoms with Crippen molar-refractivity contribution < 1.29 is 8.42 Å². The van der Waals surface area contributed by atoms with Crippen LogP contribution in [0.3, 0.4) is 0 Å². The normalized spacial score (nSPS) is 43.9. The van der Waals surface area contributed by atoms with Crippen molar-refractivity contribution in [1.29, 1.82) is 0 Å². The molecule has 0 aromatic carbocycles. The number of aromatic nitrogens is 2. The Morgan fingerprint density at radius 3 is 2.50 bits per heavy atom. The van der Waals surface area contributed by atoms with Crippen molar-refractivity contribution in [2.75, 3.05) is 0 Å². The predicted molar refractivity (Wildman–Crippen MR) is 55.9 cm³/mol. The molecule has 4 rings (SSSR count). The number of hydrogen-bond donors (Lipinski definition) is 2. The van der Waals surface area contributed by atoms with E-state index in [4.69, 9.17) is 0 Å². The van der Waals surface area contributed by atoms with E-state index in [-0.39, 0.29) is 11.2 Å². The van der Waals surface area contributed by atoms with Gasteiger partial charge in [0.05, 0.1) is 0 Å². The highest BCUT2D eigenvalue weighted by molar-refractivity contribution is 7.89. The van der Waals surface area contributed by atoms with Crippen LogP contribution in [0.15, 0.2) is 17.6 Å². The van der Waals surface area contributed by atoms with Crippen LogP contribution in [0.2, 0.25) is 0 Å². The van der Waals surface area contributed by atoms with Gasteiger partial charge in [0.1, 0.15) is 0 Å². The molecule has 0 saturated heterocycles. The van der Waals surface area contributed by atoms with Crippen LogP contribution < -0.4 is 4.72 Å². The molecule has 16 heavy (non-hydrogen) atoms. The molecule has 1 aromatic rings. The molecule has 0 spiro atoms. The van der Waals surface area contributed by atoms with Gasteiger partial charge in [0.15, 0.2) is 0 Å². The van der Waals surface area contributed by atoms with Crippen molar-refractivity contribution in [2.24, 2.45) is 23.7 Å². The third kappa shape index (κ3) is 1.14. The highest BCUT2D eigenvalue weighted by Gasteiger charge is 2.67. The molecule has 86 valence electrons. The van der Waals surface area contributed by atoms with Crippen LogP contribution in [0.1, 0.15) is 12.8 Å². The van der Waals surface area contributed by atoms with Gasteiger partial charge in [-0.3, -0.25) is 0 Å². The molecule has 0 bridgehead atoms. The first-order chi connectivity index (χ1) is 7.67. The van der Waals surface area contributed by atoms with Gasteiger partial charge in [-0.05, 0) is 36.5 Å². The van der Waals surface area contributed by atoms with E-state index >= 15 is 0 Å². The molecule has 2 N–H and O–H groups in total. The average Bonchev–Trinajstić information content (AvgIpc) is 3.09. The summed E-state index contributed by atoms with van der Waals surface area (Å²) in [5.41, 5.74) is 0. The molecule has 3 saturated carbocycles. The third-order valence-electron chi connectivity index (χ3n) is 4.27. The Morgan fingerprint density at radius 1 is 1.25 bits per heavy atom. The molecular formula is C10H13N3O2S. The van der Waals surface area contributed by atoms with Gasteiger partial charge >= 0.3 is 0 Å². The fourth-order valence-corrected chi connectivity index (χ4v) is 4.65. The number of H-pyrrole nitrogens is 1. The van der Waals surface area contributed by atoms with Gasteiger partial charge in [0.2, 0.25) is 5.16 Å². The molecule has 4 atom stereocenters. The maximum Gasteiger partial charge on any atom is 0.274 e. The molecule has 3 aliphatic rings. The minimum Gasteiger partial charge on any atom is -0.334 e. The topological polar surface area (TPSA) is 74.8 Å². The van der Waals surface area contributed by atoms with Gasteiger partial charge in [-0.25, -0.2) is 18.1 Å². The lowest BCUT2D eigenvalue weighted by atomic mass is 10.1. The van der Waals surface area contributed by atoms with Gasteiger partial charge in [-0.1, -0.05) is 0 Å². The summed E-state index contributed by atoms with van der Waals surface area (Å²) in [6, 6.07) is 0.171. The third-order valence-corrected chi connectivity index (χ3v) is 5.59. The van der Waals surface area contributed by atoms with E-state index in [0.29, 0.717) is 11.8 Å². The Bertz CT molecular complexity index is 508. The second-order valence-electron chi connectivity index (χ2n) is 5.17. The van der Waals surface area contributed by atoms with Crippen LogP contribution >= 0.6 is 0 Å². The van der Waals surface area contributed by atoms with Crippen molar-refractivity contribution in [3.63, 3.8) is 0 Å². The SMILES string of the molecule is O=S(=O)(NC1[C@@H]2C[C@@H]2[C@H]2C[C@@H]12)c1ncc[nH]1. The van der Waals surface area contributed by atoms with Crippen LogP contribution in [0.25, 0.3) is 0 Å². The van der Waals surface area contributed by atoms with Gasteiger partial charge in [0, 0.05) is 18.4 Å². The molecule has 0 aliphatic heterocycles. The first kappa shape index (κ1) is 9.18. The van der Waals surface area contributed by atoms with E-state index in [1.54, 1.807) is 0 Å². The minimum atomic E-state index is -3.43. The average molecular weight is 239 g/mol. The van der Waals surface area contributed by atoms with Crippen LogP contribution in [-0.2, 0) is 10.0 Å². The number of nitrogens with zero attached hydrogens (tertiary/aromatic N) is 1. The van der Waals surface area contributed by atoms with Gasteiger partial charge < -0.3 is 4.98 Å². The summed E-state index contributed by atoms with van der Waals surface area (Å²) < 4.78 is 26.8. The zero-order chi connectivity index (χ0) is 10.9. The Hall–Kier alpha value is -0.880. The van der Waals surface area contributed by atoms with E-state index in [0.717, 1.165) is 11.8 Å². The molecule has 1 aromatic heterocycles. The number of imidazole rings is 1. The fraction of sp³-hybridized carbons (Fsp3) is 0.700. The van der Waals surface area contributed by atoms with Crippen molar-refractivity contribution in [3.05, 3.63) is 12.4 Å². The molecule has 3 fully saturated rings. The first-order valence-corrected chi connectivity index (χ1v) is 7.17. The first-order valence-electron chi connectivity index (χ1n) is 5.68. The largest absolute Gasteiger partial charge is 0.334 e. The molecule has 0 amide bonds. The van der Waals surface area contributed by atoms with Crippen LogP contribution in [0, 0.1) is 23.7 Å². The summed E-state index contributed by atoms with van der Waals surface area (Å²) in [7, 11) is -3.43. The Morgan fingerprint density at radius 2 is 1.94 bits per heavy atom. The van der Waals surface area contributed by atoms with Crippen LogP contribution in [-0.4, -0.2) is 24.4 Å². The van der Waals surface area contributed by atoms with E-state index in [9.17, 15) is 8.42 Å². The number of fused-ring (bicyclic) bond motifs is 3. The van der Waals surface area contributed by atoms with Gasteiger partial charge in [0.25, 0.3) is 10.0 Å². The highest BCUT2D eigenvalue weighted by atomic mass is 32.2. The van der Waals surface area contributed by atoms with Crippen LogP contribution in [0.5, 0.6) is 0 Å². The number of nitrogens with one attached hydrogen (secondary N) is 2. The monoisotopic (exact) mass is 239 g/mol. The second-order valence-corrected chi connectivity index (χ2v) is 6.80. The van der Waals surface area contributed by atoms with Crippen LogP contribution in [0.4, 0.5) is 0 Å². The molecule has 0 radical (unpaired) electrons. The predicted octanol–water partition coefficient (Wildman–Crippen LogP) is 0.342. The second kappa shape index (κ2) is 2.68. The number of sulfonamides is 1. The lowest BCUT2D eigenvalue weighted by molar-refractivity contribution is 0.487. The van der Waals surface area contributed by atoms with Gasteiger partial charge in [-0.15, -0.1) is 0 Å². The van der Waals surface area contributed by atoms with E-state index < -0.39 is 10.0 Å². The van der Waals surface area contributed by atoms with E-state index in [1.165, 1.54) is 25.2 Å². The molecule has 0 unspecified atom stereocenters. The van der Waals surface area contributed by atoms with Crippen molar-refractivity contribution >= 4 is 10.0 Å². The molecule has 5 nitrogen and oxygen atoms in total. The summed E-state index contributed by atoms with van der Waals surface area (Å²) in [6.45, 7) is 0. The maximum absolute atomic E-state index is 12.0. The molecule has 3 aliphatic carbocycles. The molecular weight excluding hydrogens is 226 g/mol.